The number of carbonyl (C=O) groups excluding carboxylic acids is 1. The molecule has 13 heteroatoms. The van der Waals surface area contributed by atoms with Gasteiger partial charge < -0.3 is 21.5 Å². The summed E-state index contributed by atoms with van der Waals surface area (Å²) >= 11 is 6.05. The summed E-state index contributed by atoms with van der Waals surface area (Å²) in [5.41, 5.74) is 7.80. The molecule has 232 valence electrons. The molecule has 2 aromatic carbocycles. The molecule has 1 aliphatic carbocycles. The minimum atomic E-state index is -3.54. The Bertz CT molecular complexity index is 1510. The number of anilines is 1. The molecule has 6 N–H and O–H groups in total. The SMILES string of the molecule is C[C@@H](O)CNC[C@H](CCc1c(F)cncc1NC(=O)[C@@H](N)[C@@H](c1ccc(Cl)cc1)c1cccc(F)c1)NS(=O)(=O)C1CC1. The van der Waals surface area contributed by atoms with Crippen molar-refractivity contribution in [3.63, 3.8) is 0 Å². The standard InChI is InChI=1S/C30H36ClF2N5O4S/c1-18(39)14-35-15-23(38-43(41,42)24-10-11-24)9-12-25-26(33)16-36-17-27(25)37-30(40)29(34)28(19-5-7-21(31)8-6-19)20-3-2-4-22(32)13-20/h2-8,13,16-18,23-24,28-29,35,38-39H,9-12,14-15,34H2,1H3,(H,37,40)/t18-,23+,28+,29+/m1/s1. The van der Waals surface area contributed by atoms with Crippen LogP contribution in [-0.2, 0) is 21.2 Å². The maximum atomic E-state index is 15.1. The maximum absolute atomic E-state index is 15.1. The van der Waals surface area contributed by atoms with Crippen LogP contribution in [-0.4, -0.2) is 60.9 Å². The van der Waals surface area contributed by atoms with Crippen LogP contribution in [0.4, 0.5) is 14.5 Å². The summed E-state index contributed by atoms with van der Waals surface area (Å²) in [5.74, 6) is -2.57. The number of nitrogens with zero attached hydrogens (tertiary/aromatic N) is 1. The summed E-state index contributed by atoms with van der Waals surface area (Å²) in [5, 5.41) is 15.3. The number of benzene rings is 2. The number of nitrogens with one attached hydrogen (secondary N) is 3. The number of aromatic nitrogens is 1. The number of pyridine rings is 1. The number of sulfonamides is 1. The van der Waals surface area contributed by atoms with Crippen LogP contribution in [0.3, 0.4) is 0 Å². The van der Waals surface area contributed by atoms with Crippen LogP contribution >= 0.6 is 11.6 Å². The fourth-order valence-electron chi connectivity index (χ4n) is 4.86. The van der Waals surface area contributed by atoms with E-state index in [2.05, 4.69) is 20.3 Å². The number of aliphatic hydroxyl groups excluding tert-OH is 1. The molecule has 0 aliphatic heterocycles. The number of halogens is 3. The van der Waals surface area contributed by atoms with Gasteiger partial charge in [-0.15, -0.1) is 0 Å². The second-order valence-electron chi connectivity index (χ2n) is 10.9. The van der Waals surface area contributed by atoms with E-state index >= 15 is 4.39 Å². The Morgan fingerprint density at radius 1 is 1.12 bits per heavy atom. The van der Waals surface area contributed by atoms with E-state index in [4.69, 9.17) is 17.3 Å². The molecule has 4 rings (SSSR count). The number of rotatable bonds is 15. The molecule has 4 atom stereocenters. The summed E-state index contributed by atoms with van der Waals surface area (Å²) in [6.45, 7) is 2.07. The van der Waals surface area contributed by atoms with E-state index in [1.54, 1.807) is 37.3 Å². The van der Waals surface area contributed by atoms with E-state index < -0.39 is 56.9 Å². The summed E-state index contributed by atoms with van der Waals surface area (Å²) in [7, 11) is -3.54. The van der Waals surface area contributed by atoms with Crippen molar-refractivity contribution in [3.8, 4) is 0 Å². The number of hydrogen-bond donors (Lipinski definition) is 5. The zero-order valence-electron chi connectivity index (χ0n) is 23.6. The molecule has 3 aromatic rings. The third-order valence-corrected chi connectivity index (χ3v) is 9.49. The van der Waals surface area contributed by atoms with Crippen molar-refractivity contribution in [2.45, 2.75) is 62.0 Å². The first-order chi connectivity index (χ1) is 20.4. The molecular formula is C30H36ClF2N5O4S. The van der Waals surface area contributed by atoms with E-state index in [1.807, 2.05) is 0 Å². The highest BCUT2D eigenvalue weighted by atomic mass is 35.5. The highest BCUT2D eigenvalue weighted by Gasteiger charge is 2.37. The van der Waals surface area contributed by atoms with E-state index in [0.717, 1.165) is 6.20 Å². The topological polar surface area (TPSA) is 146 Å². The first-order valence-corrected chi connectivity index (χ1v) is 16.0. The van der Waals surface area contributed by atoms with Crippen LogP contribution in [0.1, 0.15) is 48.8 Å². The first kappa shape index (κ1) is 32.9. The second-order valence-corrected chi connectivity index (χ2v) is 13.3. The van der Waals surface area contributed by atoms with Gasteiger partial charge in [0.1, 0.15) is 11.6 Å². The van der Waals surface area contributed by atoms with Gasteiger partial charge in [-0.2, -0.15) is 0 Å². The Balaban J connectivity index is 1.53. The third-order valence-electron chi connectivity index (χ3n) is 7.23. The first-order valence-electron chi connectivity index (χ1n) is 14.0. The molecule has 1 aliphatic rings. The summed E-state index contributed by atoms with van der Waals surface area (Å²) in [4.78, 5) is 17.4. The Morgan fingerprint density at radius 3 is 2.49 bits per heavy atom. The van der Waals surface area contributed by atoms with Crippen molar-refractivity contribution < 1.29 is 27.1 Å². The van der Waals surface area contributed by atoms with Gasteiger partial charge in [-0.3, -0.25) is 9.78 Å². The van der Waals surface area contributed by atoms with Crippen LogP contribution in [0.15, 0.2) is 60.9 Å². The predicted octanol–water partition coefficient (Wildman–Crippen LogP) is 3.46. The smallest absolute Gasteiger partial charge is 0.242 e. The normalized spacial score (nSPS) is 16.3. The van der Waals surface area contributed by atoms with E-state index in [0.29, 0.717) is 29.0 Å². The van der Waals surface area contributed by atoms with Gasteiger partial charge in [0.05, 0.1) is 35.5 Å². The quantitative estimate of drug-likeness (QED) is 0.172. The van der Waals surface area contributed by atoms with Gasteiger partial charge in [0.15, 0.2) is 0 Å². The van der Waals surface area contributed by atoms with E-state index in [1.165, 1.54) is 24.4 Å². The van der Waals surface area contributed by atoms with E-state index in [9.17, 15) is 22.7 Å². The van der Waals surface area contributed by atoms with Crippen molar-refractivity contribution in [2.24, 2.45) is 5.73 Å². The van der Waals surface area contributed by atoms with Gasteiger partial charge in [0.25, 0.3) is 0 Å². The number of hydrogen-bond acceptors (Lipinski definition) is 7. The number of amides is 1. The van der Waals surface area contributed by atoms with Gasteiger partial charge >= 0.3 is 0 Å². The molecule has 1 heterocycles. The van der Waals surface area contributed by atoms with Crippen molar-refractivity contribution in [2.75, 3.05) is 18.4 Å². The predicted molar refractivity (Wildman–Crippen MR) is 162 cm³/mol. The number of aliphatic hydroxyl groups is 1. The van der Waals surface area contributed by atoms with Gasteiger partial charge in [-0.05, 0) is 68.0 Å². The highest BCUT2D eigenvalue weighted by molar-refractivity contribution is 7.90. The number of carbonyl (C=O) groups is 1. The molecule has 0 radical (unpaired) electrons. The van der Waals surface area contributed by atoms with E-state index in [-0.39, 0.29) is 37.2 Å². The molecule has 0 saturated heterocycles. The van der Waals surface area contributed by atoms with Crippen molar-refractivity contribution in [1.82, 2.24) is 15.0 Å². The third kappa shape index (κ3) is 9.24. The Morgan fingerprint density at radius 2 is 1.84 bits per heavy atom. The minimum Gasteiger partial charge on any atom is -0.392 e. The average molecular weight is 636 g/mol. The lowest BCUT2D eigenvalue weighted by molar-refractivity contribution is -0.117. The minimum absolute atomic E-state index is 0.0674. The lowest BCUT2D eigenvalue weighted by Crippen LogP contribution is -2.44. The summed E-state index contributed by atoms with van der Waals surface area (Å²) < 4.78 is 57.2. The molecule has 9 nitrogen and oxygen atoms in total. The van der Waals surface area contributed by atoms with Crippen LogP contribution in [0.2, 0.25) is 5.02 Å². The largest absolute Gasteiger partial charge is 0.392 e. The van der Waals surface area contributed by atoms with Crippen LogP contribution in [0.25, 0.3) is 0 Å². The summed E-state index contributed by atoms with van der Waals surface area (Å²) in [6, 6.07) is 10.7. The highest BCUT2D eigenvalue weighted by Crippen LogP contribution is 2.31. The second kappa shape index (κ2) is 14.7. The van der Waals surface area contributed by atoms with Crippen molar-refractivity contribution >= 4 is 33.2 Å². The molecule has 1 amide bonds. The molecule has 0 bridgehead atoms. The Hall–Kier alpha value is -3.00. The maximum Gasteiger partial charge on any atom is 0.242 e. The molecule has 1 fully saturated rings. The monoisotopic (exact) mass is 635 g/mol. The van der Waals surface area contributed by atoms with Crippen LogP contribution < -0.4 is 21.1 Å². The molecule has 43 heavy (non-hydrogen) atoms. The fourth-order valence-corrected chi connectivity index (χ4v) is 6.60. The average Bonchev–Trinajstić information content (AvgIpc) is 3.80. The zero-order chi connectivity index (χ0) is 31.1. The van der Waals surface area contributed by atoms with Crippen molar-refractivity contribution in [3.05, 3.63) is 94.3 Å². The molecular weight excluding hydrogens is 600 g/mol. The molecule has 1 saturated carbocycles. The summed E-state index contributed by atoms with van der Waals surface area (Å²) in [6.07, 6.45) is 3.13. The van der Waals surface area contributed by atoms with Gasteiger partial charge in [0.2, 0.25) is 15.9 Å². The lowest BCUT2D eigenvalue weighted by atomic mass is 9.85. The van der Waals surface area contributed by atoms with Gasteiger partial charge in [0, 0.05) is 35.6 Å². The van der Waals surface area contributed by atoms with Crippen LogP contribution in [0.5, 0.6) is 0 Å². The molecule has 0 spiro atoms. The van der Waals surface area contributed by atoms with Crippen molar-refractivity contribution in [1.29, 1.82) is 0 Å². The van der Waals surface area contributed by atoms with Crippen LogP contribution in [0, 0.1) is 11.6 Å². The Kier molecular flexibility index (Phi) is 11.2. The lowest BCUT2D eigenvalue weighted by Gasteiger charge is -2.25. The fraction of sp³-hybridized carbons (Fsp3) is 0.400. The zero-order valence-corrected chi connectivity index (χ0v) is 25.2. The van der Waals surface area contributed by atoms with Gasteiger partial charge in [-0.1, -0.05) is 35.9 Å². The van der Waals surface area contributed by atoms with Gasteiger partial charge in [-0.25, -0.2) is 21.9 Å². The molecule has 0 unspecified atom stereocenters. The molecule has 1 aromatic heterocycles. The Labute approximate surface area is 255 Å². The number of nitrogens with two attached hydrogens (primary N) is 1.